The van der Waals surface area contributed by atoms with E-state index in [1.54, 1.807) is 66.5 Å². The van der Waals surface area contributed by atoms with Gasteiger partial charge in [0.15, 0.2) is 11.5 Å². The van der Waals surface area contributed by atoms with Gasteiger partial charge in [0.1, 0.15) is 6.54 Å². The van der Waals surface area contributed by atoms with E-state index in [0.717, 1.165) is 5.56 Å². The summed E-state index contributed by atoms with van der Waals surface area (Å²) in [6.07, 6.45) is 4.56. The van der Waals surface area contributed by atoms with E-state index in [2.05, 4.69) is 0 Å². The molecule has 0 unspecified atom stereocenters. The molecular weight excluding hydrogens is 422 g/mol. The van der Waals surface area contributed by atoms with Gasteiger partial charge in [-0.15, -0.1) is 0 Å². The van der Waals surface area contributed by atoms with Gasteiger partial charge in [-0.25, -0.2) is 9.69 Å². The maximum absolute atomic E-state index is 12.9. The van der Waals surface area contributed by atoms with Crippen molar-refractivity contribution in [2.75, 3.05) is 38.8 Å². The van der Waals surface area contributed by atoms with Crippen LogP contribution in [0.25, 0.3) is 6.08 Å². The number of carbonyl (C=O) groups excluding carboxylic acids is 3. The van der Waals surface area contributed by atoms with Gasteiger partial charge in [-0.1, -0.05) is 24.3 Å². The number of benzene rings is 2. The van der Waals surface area contributed by atoms with E-state index in [4.69, 9.17) is 9.47 Å². The molecule has 8 nitrogen and oxygen atoms in total. The molecule has 0 atom stereocenters. The van der Waals surface area contributed by atoms with E-state index >= 15 is 0 Å². The van der Waals surface area contributed by atoms with Gasteiger partial charge < -0.3 is 19.3 Å². The van der Waals surface area contributed by atoms with E-state index in [0.29, 0.717) is 43.1 Å². The number of methoxy groups -OCH3 is 2. The zero-order chi connectivity index (χ0) is 23.4. The minimum atomic E-state index is -0.288. The predicted molar refractivity (Wildman–Crippen MR) is 124 cm³/mol. The number of nitrogens with zero attached hydrogens (tertiary/aromatic N) is 3. The second-order valence-corrected chi connectivity index (χ2v) is 7.98. The molecule has 4 rings (SSSR count). The first-order valence-electron chi connectivity index (χ1n) is 10.9. The summed E-state index contributed by atoms with van der Waals surface area (Å²) in [7, 11) is 3.14. The lowest BCUT2D eigenvalue weighted by atomic mass is 10.0. The highest BCUT2D eigenvalue weighted by atomic mass is 16.5. The van der Waals surface area contributed by atoms with Crippen LogP contribution in [0.2, 0.25) is 0 Å². The van der Waals surface area contributed by atoms with Gasteiger partial charge in [0.2, 0.25) is 5.91 Å². The SMILES string of the molecule is COc1ccc(C=CC(=O)N2CCC(N3CC(=O)N(c4ccccc4)C3=O)CC2)cc1OC. The molecule has 2 heterocycles. The van der Waals surface area contributed by atoms with Crippen molar-refractivity contribution < 1.29 is 23.9 Å². The van der Waals surface area contributed by atoms with Crippen LogP contribution in [0.3, 0.4) is 0 Å². The van der Waals surface area contributed by atoms with E-state index in [9.17, 15) is 14.4 Å². The van der Waals surface area contributed by atoms with Crippen molar-refractivity contribution in [2.45, 2.75) is 18.9 Å². The fourth-order valence-corrected chi connectivity index (χ4v) is 4.26. The average molecular weight is 450 g/mol. The van der Waals surface area contributed by atoms with Crippen LogP contribution in [-0.4, -0.2) is 67.5 Å². The Labute approximate surface area is 193 Å². The summed E-state index contributed by atoms with van der Waals surface area (Å²) in [6, 6.07) is 14.1. The molecule has 33 heavy (non-hydrogen) atoms. The highest BCUT2D eigenvalue weighted by Gasteiger charge is 2.41. The second-order valence-electron chi connectivity index (χ2n) is 7.98. The first-order chi connectivity index (χ1) is 16.0. The molecule has 2 aliphatic rings. The molecule has 2 fully saturated rings. The third kappa shape index (κ3) is 4.69. The Kier molecular flexibility index (Phi) is 6.63. The molecular formula is C25H27N3O5. The van der Waals surface area contributed by atoms with Crippen molar-refractivity contribution in [1.29, 1.82) is 0 Å². The third-order valence-electron chi connectivity index (χ3n) is 6.05. The standard InChI is InChI=1S/C25H27N3O5/c1-32-21-10-8-18(16-22(21)33-2)9-11-23(29)26-14-12-19(13-15-26)27-17-24(30)28(25(27)31)20-6-4-3-5-7-20/h3-11,16,19H,12-15,17H2,1-2H3. The van der Waals surface area contributed by atoms with Gasteiger partial charge in [-0.3, -0.25) is 9.59 Å². The van der Waals surface area contributed by atoms with Crippen molar-refractivity contribution in [1.82, 2.24) is 9.80 Å². The van der Waals surface area contributed by atoms with Gasteiger partial charge in [0, 0.05) is 25.2 Å². The van der Waals surface area contributed by atoms with Crippen LogP contribution < -0.4 is 14.4 Å². The number of amides is 4. The summed E-state index contributed by atoms with van der Waals surface area (Å²) >= 11 is 0. The first kappa shape index (κ1) is 22.4. The van der Waals surface area contributed by atoms with Crippen LogP contribution in [0, 0.1) is 0 Å². The van der Waals surface area contributed by atoms with Gasteiger partial charge >= 0.3 is 6.03 Å². The molecule has 0 saturated carbocycles. The van der Waals surface area contributed by atoms with Crippen LogP contribution in [-0.2, 0) is 9.59 Å². The van der Waals surface area contributed by atoms with Gasteiger partial charge in [-0.2, -0.15) is 0 Å². The lowest BCUT2D eigenvalue weighted by Crippen LogP contribution is -2.47. The first-order valence-corrected chi connectivity index (χ1v) is 10.9. The normalized spacial score (nSPS) is 17.2. The maximum Gasteiger partial charge on any atom is 0.332 e. The van der Waals surface area contributed by atoms with Crippen LogP contribution >= 0.6 is 0 Å². The largest absolute Gasteiger partial charge is 0.493 e. The molecule has 2 aliphatic heterocycles. The van der Waals surface area contributed by atoms with E-state index < -0.39 is 0 Å². The van der Waals surface area contributed by atoms with Crippen LogP contribution in [0.15, 0.2) is 54.6 Å². The van der Waals surface area contributed by atoms with Crippen LogP contribution in [0.5, 0.6) is 11.5 Å². The highest BCUT2D eigenvalue weighted by molar-refractivity contribution is 6.19. The summed E-state index contributed by atoms with van der Waals surface area (Å²) in [5, 5.41) is 0. The topological polar surface area (TPSA) is 79.4 Å². The Bertz CT molecular complexity index is 1060. The fourth-order valence-electron chi connectivity index (χ4n) is 4.26. The summed E-state index contributed by atoms with van der Waals surface area (Å²) < 4.78 is 10.5. The minimum Gasteiger partial charge on any atom is -0.493 e. The number of hydrogen-bond acceptors (Lipinski definition) is 5. The van der Waals surface area contributed by atoms with Crippen molar-refractivity contribution in [2.24, 2.45) is 0 Å². The quantitative estimate of drug-likeness (QED) is 0.500. The zero-order valence-corrected chi connectivity index (χ0v) is 18.8. The molecule has 8 heteroatoms. The Hall–Kier alpha value is -3.81. The molecule has 0 bridgehead atoms. The summed E-state index contributed by atoms with van der Waals surface area (Å²) in [5.41, 5.74) is 1.42. The van der Waals surface area contributed by atoms with E-state index in [1.165, 1.54) is 4.90 Å². The Balaban J connectivity index is 1.34. The van der Waals surface area contributed by atoms with Crippen molar-refractivity contribution in [3.05, 3.63) is 60.2 Å². The molecule has 2 aromatic rings. The monoisotopic (exact) mass is 449 g/mol. The predicted octanol–water partition coefficient (Wildman–Crippen LogP) is 3.18. The van der Waals surface area contributed by atoms with Gasteiger partial charge in [0.25, 0.3) is 5.91 Å². The average Bonchev–Trinajstić information content (AvgIpc) is 3.16. The van der Waals surface area contributed by atoms with Crippen LogP contribution in [0.4, 0.5) is 10.5 Å². The molecule has 0 aliphatic carbocycles. The molecule has 2 aromatic carbocycles. The number of rotatable bonds is 6. The van der Waals surface area contributed by atoms with Crippen molar-refractivity contribution >= 4 is 29.6 Å². The Morgan fingerprint density at radius 2 is 1.67 bits per heavy atom. The zero-order valence-electron chi connectivity index (χ0n) is 18.8. The lowest BCUT2D eigenvalue weighted by molar-refractivity contribution is -0.127. The molecule has 0 radical (unpaired) electrons. The lowest BCUT2D eigenvalue weighted by Gasteiger charge is -2.35. The molecule has 4 amide bonds. The van der Waals surface area contributed by atoms with Gasteiger partial charge in [0.05, 0.1) is 19.9 Å². The molecule has 0 spiro atoms. The molecule has 0 N–H and O–H groups in total. The van der Waals surface area contributed by atoms with Gasteiger partial charge in [-0.05, 0) is 48.7 Å². The highest BCUT2D eigenvalue weighted by Crippen LogP contribution is 2.29. The smallest absolute Gasteiger partial charge is 0.332 e. The number of likely N-dealkylation sites (tertiary alicyclic amines) is 1. The van der Waals surface area contributed by atoms with E-state index in [1.807, 2.05) is 18.2 Å². The third-order valence-corrected chi connectivity index (χ3v) is 6.05. The number of urea groups is 1. The number of imide groups is 1. The van der Waals surface area contributed by atoms with Crippen molar-refractivity contribution in [3.8, 4) is 11.5 Å². The second kappa shape index (κ2) is 9.77. The molecule has 0 aromatic heterocycles. The number of carbonyl (C=O) groups is 3. The Morgan fingerprint density at radius 3 is 2.33 bits per heavy atom. The van der Waals surface area contributed by atoms with E-state index in [-0.39, 0.29) is 30.4 Å². The minimum absolute atomic E-state index is 0.0611. The fraction of sp³-hybridized carbons (Fsp3) is 0.320. The Morgan fingerprint density at radius 1 is 0.970 bits per heavy atom. The van der Waals surface area contributed by atoms with Crippen LogP contribution in [0.1, 0.15) is 18.4 Å². The summed E-state index contributed by atoms with van der Waals surface area (Å²) in [5.74, 6) is 0.923. The molecule has 2 saturated heterocycles. The number of anilines is 1. The van der Waals surface area contributed by atoms with Crippen molar-refractivity contribution in [3.63, 3.8) is 0 Å². The number of hydrogen-bond donors (Lipinski definition) is 0. The molecule has 172 valence electrons. The number of para-hydroxylation sites is 1. The number of piperidine rings is 1. The summed E-state index contributed by atoms with van der Waals surface area (Å²) in [6.45, 7) is 1.14. The maximum atomic E-state index is 12.9. The summed E-state index contributed by atoms with van der Waals surface area (Å²) in [4.78, 5) is 42.7. The number of ether oxygens (including phenoxy) is 2.